The van der Waals surface area contributed by atoms with Crippen LogP contribution >= 0.6 is 11.8 Å². The Morgan fingerprint density at radius 2 is 2.05 bits per heavy atom. The minimum atomic E-state index is -0.0425. The molecule has 0 bridgehead atoms. The predicted octanol–water partition coefficient (Wildman–Crippen LogP) is 1.52. The fourth-order valence-corrected chi connectivity index (χ4v) is 2.97. The van der Waals surface area contributed by atoms with Gasteiger partial charge in [-0.25, -0.2) is 0 Å². The number of carbonyl (C=O) groups is 2. The van der Waals surface area contributed by atoms with Crippen LogP contribution in [0.1, 0.15) is 13.3 Å². The molecule has 1 fully saturated rings. The standard InChI is InChI=1S/C14H18N2O2S/c1-11-9-13(17)15-10-14(18)16(11)7-8-19-12-5-3-2-4-6-12/h2-6,11H,7-10H2,1H3,(H,15,17). The monoisotopic (exact) mass is 278 g/mol. The number of carbonyl (C=O) groups excluding carboxylic acids is 2. The van der Waals surface area contributed by atoms with Gasteiger partial charge in [-0.1, -0.05) is 18.2 Å². The van der Waals surface area contributed by atoms with E-state index in [4.69, 9.17) is 0 Å². The van der Waals surface area contributed by atoms with Crippen molar-refractivity contribution in [2.45, 2.75) is 24.3 Å². The number of amides is 2. The zero-order valence-electron chi connectivity index (χ0n) is 11.0. The van der Waals surface area contributed by atoms with Crippen LogP contribution in [-0.4, -0.2) is 41.6 Å². The van der Waals surface area contributed by atoms with Crippen LogP contribution in [0.4, 0.5) is 0 Å². The summed E-state index contributed by atoms with van der Waals surface area (Å²) in [5.74, 6) is 0.806. The Morgan fingerprint density at radius 1 is 1.32 bits per heavy atom. The van der Waals surface area contributed by atoms with Crippen molar-refractivity contribution in [1.29, 1.82) is 0 Å². The summed E-state index contributed by atoms with van der Waals surface area (Å²) in [4.78, 5) is 26.3. The lowest BCUT2D eigenvalue weighted by Gasteiger charge is -2.26. The second kappa shape index (κ2) is 6.61. The molecule has 1 aromatic carbocycles. The quantitative estimate of drug-likeness (QED) is 0.850. The Morgan fingerprint density at radius 3 is 2.79 bits per heavy atom. The molecule has 0 aliphatic carbocycles. The average Bonchev–Trinajstić information content (AvgIpc) is 2.52. The maximum atomic E-state index is 11.9. The SMILES string of the molecule is CC1CC(=O)NCC(=O)N1CCSc1ccccc1. The van der Waals surface area contributed by atoms with Crippen molar-refractivity contribution in [2.75, 3.05) is 18.8 Å². The highest BCUT2D eigenvalue weighted by Gasteiger charge is 2.25. The highest BCUT2D eigenvalue weighted by Crippen LogP contribution is 2.18. The molecule has 102 valence electrons. The summed E-state index contributed by atoms with van der Waals surface area (Å²) in [5.41, 5.74) is 0. The molecule has 1 heterocycles. The van der Waals surface area contributed by atoms with Gasteiger partial charge in [0.15, 0.2) is 0 Å². The van der Waals surface area contributed by atoms with Gasteiger partial charge in [0.05, 0.1) is 6.54 Å². The fraction of sp³-hybridized carbons (Fsp3) is 0.429. The van der Waals surface area contributed by atoms with Crippen molar-refractivity contribution in [2.24, 2.45) is 0 Å². The summed E-state index contributed by atoms with van der Waals surface area (Å²) in [5, 5.41) is 2.63. The molecule has 1 aliphatic heterocycles. The lowest BCUT2D eigenvalue weighted by molar-refractivity contribution is -0.131. The maximum absolute atomic E-state index is 11.9. The van der Waals surface area contributed by atoms with Crippen molar-refractivity contribution in [3.8, 4) is 0 Å². The maximum Gasteiger partial charge on any atom is 0.242 e. The van der Waals surface area contributed by atoms with E-state index < -0.39 is 0 Å². The largest absolute Gasteiger partial charge is 0.347 e. The van der Waals surface area contributed by atoms with Gasteiger partial charge in [-0.3, -0.25) is 9.59 Å². The molecule has 5 heteroatoms. The van der Waals surface area contributed by atoms with Crippen LogP contribution in [0, 0.1) is 0 Å². The van der Waals surface area contributed by atoms with Gasteiger partial charge < -0.3 is 10.2 Å². The van der Waals surface area contributed by atoms with Crippen LogP contribution < -0.4 is 5.32 Å². The summed E-state index contributed by atoms with van der Waals surface area (Å²) in [6.45, 7) is 2.73. The smallest absolute Gasteiger partial charge is 0.242 e. The zero-order chi connectivity index (χ0) is 13.7. The third-order valence-electron chi connectivity index (χ3n) is 3.11. The Labute approximate surface area is 117 Å². The number of nitrogens with one attached hydrogen (secondary N) is 1. The van der Waals surface area contributed by atoms with Gasteiger partial charge in [-0.15, -0.1) is 11.8 Å². The number of hydrogen-bond acceptors (Lipinski definition) is 3. The Kier molecular flexibility index (Phi) is 4.85. The molecule has 2 amide bonds. The molecule has 0 radical (unpaired) electrons. The van der Waals surface area contributed by atoms with E-state index in [0.717, 1.165) is 5.75 Å². The van der Waals surface area contributed by atoms with E-state index in [2.05, 4.69) is 17.4 Å². The molecule has 4 nitrogen and oxygen atoms in total. The first kappa shape index (κ1) is 13.9. The molecule has 2 rings (SSSR count). The summed E-state index contributed by atoms with van der Waals surface area (Å²) >= 11 is 1.73. The van der Waals surface area contributed by atoms with Crippen LogP contribution in [0.25, 0.3) is 0 Å². The number of rotatable bonds is 4. The molecular formula is C14H18N2O2S. The molecule has 0 aromatic heterocycles. The third-order valence-corrected chi connectivity index (χ3v) is 4.11. The second-order valence-electron chi connectivity index (χ2n) is 4.58. The minimum absolute atomic E-state index is 0.00649. The molecule has 0 saturated carbocycles. The Balaban J connectivity index is 1.87. The number of benzene rings is 1. The van der Waals surface area contributed by atoms with Crippen LogP contribution in [0.5, 0.6) is 0 Å². The Hall–Kier alpha value is -1.49. The molecule has 1 aliphatic rings. The van der Waals surface area contributed by atoms with Gasteiger partial charge >= 0.3 is 0 Å². The van der Waals surface area contributed by atoms with E-state index in [-0.39, 0.29) is 24.4 Å². The van der Waals surface area contributed by atoms with Crippen molar-refractivity contribution >= 4 is 23.6 Å². The molecule has 1 saturated heterocycles. The van der Waals surface area contributed by atoms with Crippen molar-refractivity contribution in [1.82, 2.24) is 10.2 Å². The average molecular weight is 278 g/mol. The van der Waals surface area contributed by atoms with E-state index >= 15 is 0 Å². The van der Waals surface area contributed by atoms with Crippen molar-refractivity contribution < 1.29 is 9.59 Å². The number of thioether (sulfide) groups is 1. The first-order valence-corrected chi connectivity index (χ1v) is 7.39. The molecule has 0 spiro atoms. The van der Waals surface area contributed by atoms with Crippen LogP contribution in [-0.2, 0) is 9.59 Å². The van der Waals surface area contributed by atoms with Gasteiger partial charge in [-0.2, -0.15) is 0 Å². The lowest BCUT2D eigenvalue weighted by atomic mass is 10.2. The highest BCUT2D eigenvalue weighted by atomic mass is 32.2. The van der Waals surface area contributed by atoms with E-state index in [1.807, 2.05) is 25.1 Å². The second-order valence-corrected chi connectivity index (χ2v) is 5.75. The lowest BCUT2D eigenvalue weighted by Crippen LogP contribution is -2.41. The minimum Gasteiger partial charge on any atom is -0.347 e. The number of nitrogens with zero attached hydrogens (tertiary/aromatic N) is 1. The van der Waals surface area contributed by atoms with E-state index in [0.29, 0.717) is 13.0 Å². The first-order valence-electron chi connectivity index (χ1n) is 6.41. The van der Waals surface area contributed by atoms with Crippen LogP contribution in [0.3, 0.4) is 0 Å². The molecule has 19 heavy (non-hydrogen) atoms. The van der Waals surface area contributed by atoms with E-state index in [9.17, 15) is 9.59 Å². The normalized spacial score (nSPS) is 20.1. The summed E-state index contributed by atoms with van der Waals surface area (Å²) < 4.78 is 0. The third kappa shape index (κ3) is 3.99. The van der Waals surface area contributed by atoms with Crippen LogP contribution in [0.2, 0.25) is 0 Å². The summed E-state index contributed by atoms with van der Waals surface area (Å²) in [6.07, 6.45) is 0.391. The van der Waals surface area contributed by atoms with Crippen molar-refractivity contribution in [3.63, 3.8) is 0 Å². The van der Waals surface area contributed by atoms with Crippen molar-refractivity contribution in [3.05, 3.63) is 30.3 Å². The predicted molar refractivity (Wildman–Crippen MR) is 76.0 cm³/mol. The van der Waals surface area contributed by atoms with E-state index in [1.54, 1.807) is 16.7 Å². The van der Waals surface area contributed by atoms with Gasteiger partial charge in [0.25, 0.3) is 0 Å². The summed E-state index contributed by atoms with van der Waals surface area (Å²) in [7, 11) is 0. The molecular weight excluding hydrogens is 260 g/mol. The molecule has 1 unspecified atom stereocenters. The molecule has 1 aromatic rings. The van der Waals surface area contributed by atoms with Gasteiger partial charge in [-0.05, 0) is 19.1 Å². The van der Waals surface area contributed by atoms with E-state index in [1.165, 1.54) is 4.90 Å². The van der Waals surface area contributed by atoms with Crippen LogP contribution in [0.15, 0.2) is 35.2 Å². The van der Waals surface area contributed by atoms with Gasteiger partial charge in [0.1, 0.15) is 0 Å². The first-order chi connectivity index (χ1) is 9.16. The zero-order valence-corrected chi connectivity index (χ0v) is 11.8. The highest BCUT2D eigenvalue weighted by molar-refractivity contribution is 7.99. The summed E-state index contributed by atoms with van der Waals surface area (Å²) in [6, 6.07) is 10.1. The van der Waals surface area contributed by atoms with Gasteiger partial charge in [0.2, 0.25) is 11.8 Å². The molecule has 1 N–H and O–H groups in total. The van der Waals surface area contributed by atoms with Gasteiger partial charge in [0, 0.05) is 29.7 Å². The fourth-order valence-electron chi connectivity index (χ4n) is 2.10. The molecule has 1 atom stereocenters. The number of hydrogen-bond donors (Lipinski definition) is 1. The Bertz CT molecular complexity index is 450. The topological polar surface area (TPSA) is 49.4 Å².